The van der Waals surface area contributed by atoms with E-state index >= 15 is 0 Å². The zero-order valence-corrected chi connectivity index (χ0v) is 11.7. The van der Waals surface area contributed by atoms with E-state index in [2.05, 4.69) is 16.4 Å². The van der Waals surface area contributed by atoms with Gasteiger partial charge in [-0.1, -0.05) is 6.07 Å². The molecule has 0 saturated heterocycles. The summed E-state index contributed by atoms with van der Waals surface area (Å²) in [4.78, 5) is 4.28. The molecule has 102 valence electrons. The largest absolute Gasteiger partial charge is 0.487 e. The van der Waals surface area contributed by atoms with Crippen molar-refractivity contribution in [2.24, 2.45) is 0 Å². The number of hydrogen-bond donors (Lipinski definition) is 1. The molecule has 2 aromatic rings. The van der Waals surface area contributed by atoms with Gasteiger partial charge in [0.25, 0.3) is 0 Å². The van der Waals surface area contributed by atoms with Crippen LogP contribution in [-0.4, -0.2) is 11.5 Å². The molecule has 0 atom stereocenters. The summed E-state index contributed by atoms with van der Waals surface area (Å²) >= 11 is 0. The summed E-state index contributed by atoms with van der Waals surface area (Å²) in [5.41, 5.74) is 3.49. The summed E-state index contributed by atoms with van der Waals surface area (Å²) in [6.45, 7) is 5.26. The lowest BCUT2D eigenvalue weighted by Crippen LogP contribution is -2.02. The minimum atomic E-state index is 0.384. The second-order valence-corrected chi connectivity index (χ2v) is 4.45. The topological polar surface area (TPSA) is 57.9 Å². The van der Waals surface area contributed by atoms with E-state index in [1.165, 1.54) is 0 Å². The van der Waals surface area contributed by atoms with Crippen LogP contribution in [0.5, 0.6) is 5.75 Å². The first-order valence-electron chi connectivity index (χ1n) is 6.55. The van der Waals surface area contributed by atoms with E-state index in [1.54, 1.807) is 18.3 Å². The lowest BCUT2D eigenvalue weighted by atomic mass is 10.1. The number of nitrogens with zero attached hydrogens (tertiary/aromatic N) is 2. The molecule has 1 heterocycles. The summed E-state index contributed by atoms with van der Waals surface area (Å²) in [6, 6.07) is 11.4. The molecular weight excluding hydrogens is 250 g/mol. The van der Waals surface area contributed by atoms with Crippen molar-refractivity contribution in [1.82, 2.24) is 4.98 Å². The van der Waals surface area contributed by atoms with Gasteiger partial charge >= 0.3 is 0 Å². The Morgan fingerprint density at radius 3 is 2.90 bits per heavy atom. The van der Waals surface area contributed by atoms with Crippen molar-refractivity contribution in [3.05, 3.63) is 53.3 Å². The Morgan fingerprint density at radius 1 is 1.30 bits per heavy atom. The van der Waals surface area contributed by atoms with Gasteiger partial charge in [0, 0.05) is 18.4 Å². The van der Waals surface area contributed by atoms with Crippen molar-refractivity contribution in [3.8, 4) is 11.8 Å². The molecule has 0 saturated carbocycles. The second-order valence-electron chi connectivity index (χ2n) is 4.45. The van der Waals surface area contributed by atoms with Crippen molar-refractivity contribution in [2.45, 2.75) is 20.5 Å². The van der Waals surface area contributed by atoms with E-state index in [-0.39, 0.29) is 0 Å². The van der Waals surface area contributed by atoms with E-state index in [4.69, 9.17) is 10.00 Å². The Bertz CT molecular complexity index is 632. The first-order chi connectivity index (χ1) is 9.72. The third kappa shape index (κ3) is 3.48. The van der Waals surface area contributed by atoms with E-state index in [1.807, 2.05) is 32.0 Å². The summed E-state index contributed by atoms with van der Waals surface area (Å²) in [5.74, 6) is 0.722. The molecule has 0 fully saturated rings. The van der Waals surface area contributed by atoms with Crippen molar-refractivity contribution < 1.29 is 4.74 Å². The van der Waals surface area contributed by atoms with Gasteiger partial charge in [0.1, 0.15) is 12.4 Å². The Morgan fingerprint density at radius 2 is 2.15 bits per heavy atom. The van der Waals surface area contributed by atoms with Gasteiger partial charge in [0.05, 0.1) is 17.3 Å². The molecule has 0 bridgehead atoms. The van der Waals surface area contributed by atoms with Gasteiger partial charge in [-0.15, -0.1) is 0 Å². The SMILES string of the molecule is CCNc1ccnc(COc2cc(C#N)ccc2C)c1. The van der Waals surface area contributed by atoms with Crippen LogP contribution in [0.4, 0.5) is 5.69 Å². The highest BCUT2D eigenvalue weighted by atomic mass is 16.5. The predicted octanol–water partition coefficient (Wildman–Crippen LogP) is 3.27. The molecule has 1 aromatic carbocycles. The lowest BCUT2D eigenvalue weighted by Gasteiger charge is -2.10. The quantitative estimate of drug-likeness (QED) is 0.903. The Labute approximate surface area is 119 Å². The highest BCUT2D eigenvalue weighted by Gasteiger charge is 2.03. The highest BCUT2D eigenvalue weighted by Crippen LogP contribution is 2.20. The zero-order valence-electron chi connectivity index (χ0n) is 11.7. The first-order valence-corrected chi connectivity index (χ1v) is 6.55. The maximum Gasteiger partial charge on any atom is 0.130 e. The van der Waals surface area contributed by atoms with Crippen LogP contribution < -0.4 is 10.1 Å². The van der Waals surface area contributed by atoms with Crippen molar-refractivity contribution in [2.75, 3.05) is 11.9 Å². The van der Waals surface area contributed by atoms with Gasteiger partial charge in [-0.25, -0.2) is 0 Å². The monoisotopic (exact) mass is 267 g/mol. The van der Waals surface area contributed by atoms with Gasteiger partial charge in [0.2, 0.25) is 0 Å². The van der Waals surface area contributed by atoms with E-state index < -0.39 is 0 Å². The van der Waals surface area contributed by atoms with Gasteiger partial charge in [-0.3, -0.25) is 4.98 Å². The Hall–Kier alpha value is -2.54. The van der Waals surface area contributed by atoms with Crippen LogP contribution in [0.3, 0.4) is 0 Å². The molecular formula is C16H17N3O. The average molecular weight is 267 g/mol. The standard InChI is InChI=1S/C16H17N3O/c1-3-18-14-6-7-19-15(9-14)11-20-16-8-13(10-17)5-4-12(16)2/h4-9H,3,11H2,1-2H3,(H,18,19). The molecule has 4 heteroatoms. The average Bonchev–Trinajstić information content (AvgIpc) is 2.47. The normalized spacial score (nSPS) is 9.85. The second kappa shape index (κ2) is 6.58. The fraction of sp³-hybridized carbons (Fsp3) is 0.250. The summed E-state index contributed by atoms with van der Waals surface area (Å²) in [5, 5.41) is 12.1. The van der Waals surface area contributed by atoms with E-state index in [0.29, 0.717) is 12.2 Å². The number of nitrogens with one attached hydrogen (secondary N) is 1. The molecule has 0 aliphatic rings. The predicted molar refractivity (Wildman–Crippen MR) is 78.6 cm³/mol. The molecule has 0 radical (unpaired) electrons. The highest BCUT2D eigenvalue weighted by molar-refractivity contribution is 5.44. The van der Waals surface area contributed by atoms with Crippen LogP contribution in [0.25, 0.3) is 0 Å². The van der Waals surface area contributed by atoms with E-state index in [9.17, 15) is 0 Å². The molecule has 0 unspecified atom stereocenters. The van der Waals surface area contributed by atoms with Crippen molar-refractivity contribution in [3.63, 3.8) is 0 Å². The molecule has 0 spiro atoms. The summed E-state index contributed by atoms with van der Waals surface area (Å²) in [7, 11) is 0. The minimum Gasteiger partial charge on any atom is -0.487 e. The molecule has 20 heavy (non-hydrogen) atoms. The maximum atomic E-state index is 8.91. The van der Waals surface area contributed by atoms with Crippen molar-refractivity contribution >= 4 is 5.69 Å². The van der Waals surface area contributed by atoms with Gasteiger partial charge in [-0.05, 0) is 43.7 Å². The van der Waals surface area contributed by atoms with Gasteiger partial charge in [-0.2, -0.15) is 5.26 Å². The number of pyridine rings is 1. The summed E-state index contributed by atoms with van der Waals surface area (Å²) in [6.07, 6.45) is 1.76. The van der Waals surface area contributed by atoms with Crippen LogP contribution in [-0.2, 0) is 6.61 Å². The number of ether oxygens (including phenoxy) is 1. The number of aromatic nitrogens is 1. The Balaban J connectivity index is 2.09. The molecule has 1 aromatic heterocycles. The third-order valence-electron chi connectivity index (χ3n) is 2.89. The smallest absolute Gasteiger partial charge is 0.130 e. The fourth-order valence-electron chi connectivity index (χ4n) is 1.85. The van der Waals surface area contributed by atoms with E-state index in [0.717, 1.165) is 29.2 Å². The lowest BCUT2D eigenvalue weighted by molar-refractivity contribution is 0.299. The van der Waals surface area contributed by atoms with Gasteiger partial charge in [0.15, 0.2) is 0 Å². The van der Waals surface area contributed by atoms with Crippen LogP contribution >= 0.6 is 0 Å². The van der Waals surface area contributed by atoms with Crippen molar-refractivity contribution in [1.29, 1.82) is 5.26 Å². The number of nitriles is 1. The van der Waals surface area contributed by atoms with Gasteiger partial charge < -0.3 is 10.1 Å². The summed E-state index contributed by atoms with van der Waals surface area (Å²) < 4.78 is 5.76. The first kappa shape index (κ1) is 13.9. The third-order valence-corrected chi connectivity index (χ3v) is 2.89. The minimum absolute atomic E-state index is 0.384. The van der Waals surface area contributed by atoms with Crippen LogP contribution in [0.15, 0.2) is 36.5 Å². The molecule has 0 amide bonds. The fourth-order valence-corrected chi connectivity index (χ4v) is 1.85. The number of hydrogen-bond acceptors (Lipinski definition) is 4. The van der Waals surface area contributed by atoms with Crippen LogP contribution in [0, 0.1) is 18.3 Å². The van der Waals surface area contributed by atoms with Crippen LogP contribution in [0.1, 0.15) is 23.7 Å². The molecule has 4 nitrogen and oxygen atoms in total. The maximum absolute atomic E-state index is 8.91. The van der Waals surface area contributed by atoms with Crippen LogP contribution in [0.2, 0.25) is 0 Å². The number of anilines is 1. The number of aryl methyl sites for hydroxylation is 1. The molecule has 0 aliphatic heterocycles. The zero-order chi connectivity index (χ0) is 14.4. The molecule has 2 rings (SSSR count). The Kier molecular flexibility index (Phi) is 4.56. The molecule has 1 N–H and O–H groups in total. The number of rotatable bonds is 5. The molecule has 0 aliphatic carbocycles. The number of benzene rings is 1.